The topological polar surface area (TPSA) is 29.3 Å². The molecular formula is C14H20F2N2. The van der Waals surface area contributed by atoms with E-state index in [2.05, 4.69) is 4.90 Å². The molecule has 1 fully saturated rings. The second-order valence-corrected chi connectivity index (χ2v) is 5.08. The van der Waals surface area contributed by atoms with Crippen LogP contribution in [-0.4, -0.2) is 25.0 Å². The van der Waals surface area contributed by atoms with Crippen LogP contribution in [0.5, 0.6) is 0 Å². The van der Waals surface area contributed by atoms with Gasteiger partial charge >= 0.3 is 0 Å². The molecule has 0 amide bonds. The minimum Gasteiger partial charge on any atom is -0.330 e. The van der Waals surface area contributed by atoms with E-state index in [1.165, 1.54) is 6.07 Å². The molecule has 1 heterocycles. The molecule has 1 saturated heterocycles. The number of rotatable bonds is 2. The van der Waals surface area contributed by atoms with Gasteiger partial charge in [0.05, 0.1) is 0 Å². The van der Waals surface area contributed by atoms with Crippen LogP contribution in [0.3, 0.4) is 0 Å². The zero-order valence-electron chi connectivity index (χ0n) is 10.7. The molecule has 1 aliphatic heterocycles. The predicted octanol–water partition coefficient (Wildman–Crippen LogP) is 2.70. The van der Waals surface area contributed by atoms with Gasteiger partial charge in [0.2, 0.25) is 0 Å². The maximum atomic E-state index is 13.9. The Morgan fingerprint density at radius 1 is 1.33 bits per heavy atom. The Kier molecular flexibility index (Phi) is 4.30. The Balaban J connectivity index is 2.36. The van der Waals surface area contributed by atoms with Crippen LogP contribution in [-0.2, 0) is 0 Å². The molecule has 2 nitrogen and oxygen atoms in total. The van der Waals surface area contributed by atoms with E-state index in [-0.39, 0.29) is 12.0 Å². The van der Waals surface area contributed by atoms with Gasteiger partial charge in [0.25, 0.3) is 0 Å². The van der Waals surface area contributed by atoms with E-state index >= 15 is 0 Å². The predicted molar refractivity (Wildman–Crippen MR) is 68.1 cm³/mol. The molecule has 0 aliphatic carbocycles. The first-order valence-corrected chi connectivity index (χ1v) is 6.48. The van der Waals surface area contributed by atoms with E-state index in [4.69, 9.17) is 5.73 Å². The molecule has 4 heteroatoms. The van der Waals surface area contributed by atoms with Gasteiger partial charge < -0.3 is 5.73 Å². The Bertz CT molecular complexity index is 409. The highest BCUT2D eigenvalue weighted by atomic mass is 19.1. The van der Waals surface area contributed by atoms with Crippen molar-refractivity contribution in [3.05, 3.63) is 35.4 Å². The largest absolute Gasteiger partial charge is 0.330 e. The van der Waals surface area contributed by atoms with Gasteiger partial charge in [-0.25, -0.2) is 8.78 Å². The summed E-state index contributed by atoms with van der Waals surface area (Å²) in [6.07, 6.45) is 3.22. The zero-order chi connectivity index (χ0) is 13.1. The van der Waals surface area contributed by atoms with Crippen molar-refractivity contribution in [1.29, 1.82) is 0 Å². The van der Waals surface area contributed by atoms with Crippen molar-refractivity contribution in [2.24, 2.45) is 11.7 Å². The summed E-state index contributed by atoms with van der Waals surface area (Å²) < 4.78 is 26.9. The van der Waals surface area contributed by atoms with Crippen LogP contribution in [0, 0.1) is 17.6 Å². The third kappa shape index (κ3) is 2.70. The molecule has 1 aromatic rings. The number of nitrogens with two attached hydrogens (primary N) is 1. The fraction of sp³-hybridized carbons (Fsp3) is 0.571. The Hall–Kier alpha value is -1.00. The molecule has 0 saturated carbocycles. The number of halogens is 2. The van der Waals surface area contributed by atoms with Gasteiger partial charge in [-0.3, -0.25) is 4.90 Å². The van der Waals surface area contributed by atoms with Crippen molar-refractivity contribution in [1.82, 2.24) is 4.90 Å². The van der Waals surface area contributed by atoms with Crippen LogP contribution < -0.4 is 5.73 Å². The van der Waals surface area contributed by atoms with Crippen molar-refractivity contribution in [2.75, 3.05) is 20.1 Å². The lowest BCUT2D eigenvalue weighted by Gasteiger charge is -2.32. The summed E-state index contributed by atoms with van der Waals surface area (Å²) >= 11 is 0. The molecule has 0 bridgehead atoms. The molecule has 0 aromatic heterocycles. The first-order valence-electron chi connectivity index (χ1n) is 6.48. The second kappa shape index (κ2) is 5.76. The maximum Gasteiger partial charge on any atom is 0.130 e. The van der Waals surface area contributed by atoms with Crippen LogP contribution in [0.2, 0.25) is 0 Å². The van der Waals surface area contributed by atoms with Crippen molar-refractivity contribution in [3.8, 4) is 0 Å². The van der Waals surface area contributed by atoms with Gasteiger partial charge in [0.15, 0.2) is 0 Å². The smallest absolute Gasteiger partial charge is 0.130 e. The average Bonchev–Trinajstić information content (AvgIpc) is 2.51. The van der Waals surface area contributed by atoms with Crippen LogP contribution in [0.15, 0.2) is 18.2 Å². The summed E-state index contributed by atoms with van der Waals surface area (Å²) in [5.41, 5.74) is 6.39. The fourth-order valence-corrected chi connectivity index (χ4v) is 2.90. The standard InChI is InChI=1S/C14H20F2N2/c1-18-7-3-2-4-10(9-17)14(18)12-6-5-11(15)8-13(12)16/h5-6,8,10,14H,2-4,7,9,17H2,1H3. The van der Waals surface area contributed by atoms with E-state index in [0.29, 0.717) is 12.1 Å². The summed E-state index contributed by atoms with van der Waals surface area (Å²) in [4.78, 5) is 2.14. The third-order valence-corrected chi connectivity index (χ3v) is 3.84. The highest BCUT2D eigenvalue weighted by molar-refractivity contribution is 5.23. The quantitative estimate of drug-likeness (QED) is 0.879. The van der Waals surface area contributed by atoms with Crippen molar-refractivity contribution in [3.63, 3.8) is 0 Å². The number of likely N-dealkylation sites (tertiary alicyclic amines) is 1. The van der Waals surface area contributed by atoms with Crippen molar-refractivity contribution < 1.29 is 8.78 Å². The highest BCUT2D eigenvalue weighted by Gasteiger charge is 2.30. The summed E-state index contributed by atoms with van der Waals surface area (Å²) in [5.74, 6) is -0.763. The van der Waals surface area contributed by atoms with E-state index in [1.54, 1.807) is 6.07 Å². The van der Waals surface area contributed by atoms with Gasteiger partial charge in [0, 0.05) is 17.7 Å². The van der Waals surface area contributed by atoms with Crippen LogP contribution in [0.4, 0.5) is 8.78 Å². The first-order chi connectivity index (χ1) is 8.63. The molecule has 100 valence electrons. The van der Waals surface area contributed by atoms with Crippen LogP contribution in [0.25, 0.3) is 0 Å². The van der Waals surface area contributed by atoms with Crippen LogP contribution in [0.1, 0.15) is 30.9 Å². The highest BCUT2D eigenvalue weighted by Crippen LogP contribution is 2.34. The molecule has 0 radical (unpaired) electrons. The van der Waals surface area contributed by atoms with Crippen LogP contribution >= 0.6 is 0 Å². The van der Waals surface area contributed by atoms with E-state index in [9.17, 15) is 8.78 Å². The molecule has 1 aromatic carbocycles. The van der Waals surface area contributed by atoms with E-state index in [1.807, 2.05) is 7.05 Å². The SMILES string of the molecule is CN1CCCCC(CN)C1c1ccc(F)cc1F. The number of nitrogens with zero attached hydrogens (tertiary/aromatic N) is 1. The zero-order valence-corrected chi connectivity index (χ0v) is 10.7. The second-order valence-electron chi connectivity index (χ2n) is 5.08. The van der Waals surface area contributed by atoms with Crippen molar-refractivity contribution in [2.45, 2.75) is 25.3 Å². The normalized spacial score (nSPS) is 26.0. The van der Waals surface area contributed by atoms with E-state index < -0.39 is 11.6 Å². The summed E-state index contributed by atoms with van der Waals surface area (Å²) in [5, 5.41) is 0. The Morgan fingerprint density at radius 2 is 2.11 bits per heavy atom. The first kappa shape index (κ1) is 13.4. The number of hydrogen-bond donors (Lipinski definition) is 1. The monoisotopic (exact) mass is 254 g/mol. The maximum absolute atomic E-state index is 13.9. The summed E-state index contributed by atoms with van der Waals surface area (Å²) in [7, 11) is 1.99. The molecule has 0 spiro atoms. The Morgan fingerprint density at radius 3 is 2.78 bits per heavy atom. The van der Waals surface area contributed by atoms with Gasteiger partial charge in [-0.05, 0) is 45.0 Å². The molecule has 1 aliphatic rings. The third-order valence-electron chi connectivity index (χ3n) is 3.84. The lowest BCUT2D eigenvalue weighted by molar-refractivity contribution is 0.191. The van der Waals surface area contributed by atoms with Gasteiger partial charge in [0.1, 0.15) is 11.6 Å². The summed E-state index contributed by atoms with van der Waals surface area (Å²) in [6.45, 7) is 1.46. The lowest BCUT2D eigenvalue weighted by atomic mass is 9.89. The average molecular weight is 254 g/mol. The molecular weight excluding hydrogens is 234 g/mol. The fourth-order valence-electron chi connectivity index (χ4n) is 2.90. The number of benzene rings is 1. The molecule has 18 heavy (non-hydrogen) atoms. The Labute approximate surface area is 107 Å². The van der Waals surface area contributed by atoms with Crippen molar-refractivity contribution >= 4 is 0 Å². The molecule has 2 N–H and O–H groups in total. The minimum absolute atomic E-state index is 0.0434. The molecule has 2 unspecified atom stereocenters. The minimum atomic E-state index is -0.531. The summed E-state index contributed by atoms with van der Waals surface area (Å²) in [6, 6.07) is 3.80. The molecule has 2 atom stereocenters. The van der Waals surface area contributed by atoms with Gasteiger partial charge in [-0.2, -0.15) is 0 Å². The van der Waals surface area contributed by atoms with Gasteiger partial charge in [-0.15, -0.1) is 0 Å². The van der Waals surface area contributed by atoms with Gasteiger partial charge in [-0.1, -0.05) is 12.5 Å². The molecule has 2 rings (SSSR count). The number of hydrogen-bond acceptors (Lipinski definition) is 2. The van der Waals surface area contributed by atoms with E-state index in [0.717, 1.165) is 31.9 Å². The lowest BCUT2D eigenvalue weighted by Crippen LogP contribution is -2.33.